The van der Waals surface area contributed by atoms with Crippen LogP contribution in [-0.2, 0) is 19.0 Å². The van der Waals surface area contributed by atoms with E-state index < -0.39 is 35.1 Å². The summed E-state index contributed by atoms with van der Waals surface area (Å²) in [5, 5.41) is 5.32. The number of esters is 1. The van der Waals surface area contributed by atoms with Gasteiger partial charge in [-0.25, -0.2) is 14.4 Å². The molecule has 8 heteroatoms. The molecule has 1 saturated heterocycles. The second kappa shape index (κ2) is 6.74. The Hall–Kier alpha value is -1.83. The first-order valence-corrected chi connectivity index (χ1v) is 7.54. The van der Waals surface area contributed by atoms with E-state index in [9.17, 15) is 14.4 Å². The number of carbonyl (C=O) groups is 3. The Balaban J connectivity index is 2.74. The minimum Gasteiger partial charge on any atom is -0.444 e. The van der Waals surface area contributed by atoms with Crippen molar-refractivity contribution >= 4 is 18.2 Å². The van der Waals surface area contributed by atoms with Crippen molar-refractivity contribution in [2.45, 2.75) is 71.2 Å². The van der Waals surface area contributed by atoms with Gasteiger partial charge in [-0.05, 0) is 60.9 Å². The lowest BCUT2D eigenvalue weighted by molar-refractivity contribution is -0.150. The molecule has 1 aliphatic heterocycles. The zero-order valence-electron chi connectivity index (χ0n) is 14.6. The van der Waals surface area contributed by atoms with Crippen LogP contribution in [0.15, 0.2) is 0 Å². The molecule has 1 amide bonds. The first-order valence-electron chi connectivity index (χ1n) is 7.54. The highest BCUT2D eigenvalue weighted by Crippen LogP contribution is 2.20. The molecular weight excluding hydrogens is 304 g/mol. The Labute approximate surface area is 136 Å². The van der Waals surface area contributed by atoms with Crippen LogP contribution in [0.5, 0.6) is 0 Å². The topological polar surface area (TPSA) is 103 Å². The zero-order chi connectivity index (χ0) is 17.9. The van der Waals surface area contributed by atoms with Gasteiger partial charge in [0.05, 0.1) is 0 Å². The summed E-state index contributed by atoms with van der Waals surface area (Å²) < 4.78 is 14.8. The molecule has 132 valence electrons. The average molecular weight is 330 g/mol. The van der Waals surface area contributed by atoms with E-state index in [4.69, 9.17) is 14.2 Å². The Bertz CT molecular complexity index is 469. The molecule has 2 N–H and O–H groups in total. The summed E-state index contributed by atoms with van der Waals surface area (Å²) in [6.45, 7) is 10.6. The van der Waals surface area contributed by atoms with Gasteiger partial charge in [0.2, 0.25) is 0 Å². The van der Waals surface area contributed by atoms with Crippen LogP contribution in [0.1, 0.15) is 54.4 Å². The molecule has 23 heavy (non-hydrogen) atoms. The number of hydrogen-bond donors (Lipinski definition) is 2. The summed E-state index contributed by atoms with van der Waals surface area (Å²) in [5.41, 5.74) is -2.98. The Morgan fingerprint density at radius 2 is 1.57 bits per heavy atom. The predicted molar refractivity (Wildman–Crippen MR) is 81.7 cm³/mol. The van der Waals surface area contributed by atoms with Crippen LogP contribution in [0.2, 0.25) is 0 Å². The minimum atomic E-state index is -1.49. The second-order valence-electron chi connectivity index (χ2n) is 7.42. The maximum atomic E-state index is 12.3. The third-order valence-corrected chi connectivity index (χ3v) is 2.78. The molecule has 0 bridgehead atoms. The third-order valence-electron chi connectivity index (χ3n) is 2.78. The van der Waals surface area contributed by atoms with Gasteiger partial charge in [0.1, 0.15) is 11.2 Å². The minimum absolute atomic E-state index is 0.286. The summed E-state index contributed by atoms with van der Waals surface area (Å²) in [4.78, 5) is 35.9. The van der Waals surface area contributed by atoms with E-state index in [2.05, 4.69) is 10.6 Å². The largest absolute Gasteiger partial charge is 0.516 e. The summed E-state index contributed by atoms with van der Waals surface area (Å²) in [6.07, 6.45) is -0.956. The molecule has 0 radical (unpaired) electrons. The van der Waals surface area contributed by atoms with Gasteiger partial charge in [-0.15, -0.1) is 0 Å². The van der Waals surface area contributed by atoms with Crippen molar-refractivity contribution in [3.05, 3.63) is 0 Å². The Morgan fingerprint density at radius 1 is 1.00 bits per heavy atom. The highest BCUT2D eigenvalue weighted by Gasteiger charge is 2.46. The van der Waals surface area contributed by atoms with Crippen LogP contribution in [0.3, 0.4) is 0 Å². The lowest BCUT2D eigenvalue weighted by Crippen LogP contribution is -2.62. The molecule has 0 spiro atoms. The van der Waals surface area contributed by atoms with Gasteiger partial charge in [-0.2, -0.15) is 0 Å². The van der Waals surface area contributed by atoms with Gasteiger partial charge in [-0.1, -0.05) is 0 Å². The molecule has 0 saturated carbocycles. The van der Waals surface area contributed by atoms with Gasteiger partial charge >= 0.3 is 18.2 Å². The van der Waals surface area contributed by atoms with Gasteiger partial charge in [0, 0.05) is 0 Å². The third kappa shape index (κ3) is 6.43. The number of hydrogen-bond acceptors (Lipinski definition) is 7. The van der Waals surface area contributed by atoms with Crippen LogP contribution < -0.4 is 10.6 Å². The molecule has 8 nitrogen and oxygen atoms in total. The molecule has 0 aromatic rings. The number of carbonyl (C=O) groups excluding carboxylic acids is 3. The molecule has 0 aromatic carbocycles. The summed E-state index contributed by atoms with van der Waals surface area (Å²) >= 11 is 0. The first kappa shape index (κ1) is 19.2. The van der Waals surface area contributed by atoms with Crippen LogP contribution in [0, 0.1) is 0 Å². The van der Waals surface area contributed by atoms with E-state index in [0.29, 0.717) is 13.0 Å². The van der Waals surface area contributed by atoms with E-state index in [-0.39, 0.29) is 6.42 Å². The van der Waals surface area contributed by atoms with E-state index in [1.165, 1.54) is 0 Å². The maximum absolute atomic E-state index is 12.3. The van der Waals surface area contributed by atoms with Crippen molar-refractivity contribution in [2.75, 3.05) is 6.54 Å². The van der Waals surface area contributed by atoms with Crippen molar-refractivity contribution in [1.82, 2.24) is 10.6 Å². The quantitative estimate of drug-likeness (QED) is 0.590. The van der Waals surface area contributed by atoms with Crippen LogP contribution >= 0.6 is 0 Å². The monoisotopic (exact) mass is 330 g/mol. The van der Waals surface area contributed by atoms with Gasteiger partial charge in [-0.3, -0.25) is 10.6 Å². The van der Waals surface area contributed by atoms with Crippen molar-refractivity contribution in [3.63, 3.8) is 0 Å². The standard InChI is InChI=1S/C15H26N2O6/c1-13(2,3)22-11(19)17-15(8-7-9-16-15)10(18)21-12(20)23-14(4,5)6/h16H,7-9H2,1-6H3,(H,17,19)/t15-/m1/s1. The SMILES string of the molecule is CC(C)(C)OC(=O)N[C@@]1(C(=O)OC(=O)OC(C)(C)C)CCCN1. The van der Waals surface area contributed by atoms with Crippen LogP contribution in [0.4, 0.5) is 9.59 Å². The van der Waals surface area contributed by atoms with Crippen LogP contribution in [0.25, 0.3) is 0 Å². The summed E-state index contributed by atoms with van der Waals surface area (Å²) in [6, 6.07) is 0. The van der Waals surface area contributed by atoms with Gasteiger partial charge < -0.3 is 14.2 Å². The van der Waals surface area contributed by atoms with Gasteiger partial charge in [0.15, 0.2) is 5.66 Å². The highest BCUT2D eigenvalue weighted by atomic mass is 16.7. The summed E-state index contributed by atoms with van der Waals surface area (Å²) in [7, 11) is 0. The molecule has 1 heterocycles. The van der Waals surface area contributed by atoms with E-state index in [1.807, 2.05) is 0 Å². The number of ether oxygens (including phenoxy) is 3. The number of amides is 1. The van der Waals surface area contributed by atoms with E-state index >= 15 is 0 Å². The van der Waals surface area contributed by atoms with Gasteiger partial charge in [0.25, 0.3) is 0 Å². The molecular formula is C15H26N2O6. The fourth-order valence-electron chi connectivity index (χ4n) is 1.99. The van der Waals surface area contributed by atoms with Crippen LogP contribution in [-0.4, -0.2) is 41.6 Å². The average Bonchev–Trinajstić information content (AvgIpc) is 2.72. The molecule has 1 rings (SSSR count). The molecule has 1 aliphatic rings. The molecule has 0 aliphatic carbocycles. The first-order chi connectivity index (χ1) is 10.3. The maximum Gasteiger partial charge on any atom is 0.516 e. The molecule has 1 atom stereocenters. The van der Waals surface area contributed by atoms with Crippen molar-refractivity contribution in [1.29, 1.82) is 0 Å². The molecule has 0 unspecified atom stereocenters. The lowest BCUT2D eigenvalue weighted by atomic mass is 10.1. The normalized spacial score (nSPS) is 21.5. The lowest BCUT2D eigenvalue weighted by Gasteiger charge is -2.29. The van der Waals surface area contributed by atoms with Crippen molar-refractivity contribution < 1.29 is 28.6 Å². The number of rotatable bonds is 2. The highest BCUT2D eigenvalue weighted by molar-refractivity contribution is 5.91. The van der Waals surface area contributed by atoms with Crippen molar-refractivity contribution in [3.8, 4) is 0 Å². The summed E-state index contributed by atoms with van der Waals surface area (Å²) in [5.74, 6) is -0.921. The smallest absolute Gasteiger partial charge is 0.444 e. The fourth-order valence-corrected chi connectivity index (χ4v) is 1.99. The second-order valence-corrected chi connectivity index (χ2v) is 7.42. The van der Waals surface area contributed by atoms with E-state index in [0.717, 1.165) is 0 Å². The Kier molecular flexibility index (Phi) is 5.63. The zero-order valence-corrected chi connectivity index (χ0v) is 14.6. The van der Waals surface area contributed by atoms with Crippen molar-refractivity contribution in [2.24, 2.45) is 0 Å². The fraction of sp³-hybridized carbons (Fsp3) is 0.800. The number of nitrogens with one attached hydrogen (secondary N) is 2. The van der Waals surface area contributed by atoms with E-state index in [1.54, 1.807) is 41.5 Å². The Morgan fingerprint density at radius 3 is 2.00 bits per heavy atom. The molecule has 0 aromatic heterocycles. The molecule has 1 fully saturated rings. The predicted octanol–water partition coefficient (Wildman–Crippen LogP) is 2.07. The number of alkyl carbamates (subject to hydrolysis) is 1.